The fraction of sp³-hybridized carbons (Fsp3) is 0.571. The summed E-state index contributed by atoms with van der Waals surface area (Å²) in [6, 6.07) is 0. The van der Waals surface area contributed by atoms with E-state index < -0.39 is 0 Å². The lowest BCUT2D eigenvalue weighted by molar-refractivity contribution is -0.139. The summed E-state index contributed by atoms with van der Waals surface area (Å²) in [5, 5.41) is 0. The molecule has 4 heteroatoms. The highest BCUT2D eigenvalue weighted by Crippen LogP contribution is 1.93. The van der Waals surface area contributed by atoms with Crippen molar-refractivity contribution in [2.75, 3.05) is 13.2 Å². The van der Waals surface area contributed by atoms with Gasteiger partial charge in [0.15, 0.2) is 0 Å². The molecule has 0 fully saturated rings. The highest BCUT2D eigenvalue weighted by atomic mass is 16.5. The lowest BCUT2D eigenvalue weighted by atomic mass is 10.3. The van der Waals surface area contributed by atoms with Crippen molar-refractivity contribution in [2.24, 2.45) is 11.5 Å². The first-order valence-corrected chi connectivity index (χ1v) is 3.48. The average molecular weight is 158 g/mol. The quantitative estimate of drug-likeness (QED) is 0.335. The molecule has 0 spiro atoms. The van der Waals surface area contributed by atoms with Crippen LogP contribution >= 0.6 is 0 Å². The van der Waals surface area contributed by atoms with Gasteiger partial charge >= 0.3 is 5.97 Å². The van der Waals surface area contributed by atoms with E-state index in [0.717, 1.165) is 0 Å². The van der Waals surface area contributed by atoms with Crippen LogP contribution in [-0.2, 0) is 9.53 Å². The Bertz CT molecular complexity index is 155. The van der Waals surface area contributed by atoms with Crippen molar-refractivity contribution in [3.8, 4) is 0 Å². The fourth-order valence-electron chi connectivity index (χ4n) is 0.430. The largest absolute Gasteiger partial charge is 0.462 e. The predicted octanol–water partition coefficient (Wildman–Crippen LogP) is -0.259. The number of esters is 1. The normalized spacial score (nSPS) is 11.3. The van der Waals surface area contributed by atoms with Gasteiger partial charge in [-0.3, -0.25) is 0 Å². The molecule has 64 valence electrons. The second kappa shape index (κ2) is 5.73. The molecule has 0 aromatic carbocycles. The SMILES string of the molecule is CC(=CN)C(=O)OCCCN. The molecular formula is C7H14N2O2. The summed E-state index contributed by atoms with van der Waals surface area (Å²) in [5.41, 5.74) is 10.7. The lowest BCUT2D eigenvalue weighted by Gasteiger charge is -2.01. The Hall–Kier alpha value is -1.03. The van der Waals surface area contributed by atoms with Gasteiger partial charge in [0.25, 0.3) is 0 Å². The first-order valence-electron chi connectivity index (χ1n) is 3.48. The van der Waals surface area contributed by atoms with Gasteiger partial charge in [-0.05, 0) is 19.9 Å². The Labute approximate surface area is 66.2 Å². The molecule has 0 aliphatic rings. The van der Waals surface area contributed by atoms with Crippen LogP contribution < -0.4 is 11.5 Å². The van der Waals surface area contributed by atoms with Gasteiger partial charge in [0.1, 0.15) is 0 Å². The summed E-state index contributed by atoms with van der Waals surface area (Å²) in [5.74, 6) is -0.374. The smallest absolute Gasteiger partial charge is 0.335 e. The maximum Gasteiger partial charge on any atom is 0.335 e. The Morgan fingerprint density at radius 2 is 2.27 bits per heavy atom. The highest BCUT2D eigenvalue weighted by molar-refractivity contribution is 5.87. The minimum absolute atomic E-state index is 0.362. The van der Waals surface area contributed by atoms with Crippen LogP contribution in [0.3, 0.4) is 0 Å². The van der Waals surface area contributed by atoms with Crippen LogP contribution in [0, 0.1) is 0 Å². The first-order chi connectivity index (χ1) is 5.22. The number of carbonyl (C=O) groups excluding carboxylic acids is 1. The van der Waals surface area contributed by atoms with E-state index >= 15 is 0 Å². The topological polar surface area (TPSA) is 78.3 Å². The molecule has 0 atom stereocenters. The Morgan fingerprint density at radius 3 is 2.73 bits per heavy atom. The molecule has 0 unspecified atom stereocenters. The van der Waals surface area contributed by atoms with Crippen LogP contribution in [0.4, 0.5) is 0 Å². The molecule has 4 N–H and O–H groups in total. The van der Waals surface area contributed by atoms with Crippen molar-refractivity contribution in [3.05, 3.63) is 11.8 Å². The van der Waals surface area contributed by atoms with Crippen molar-refractivity contribution < 1.29 is 9.53 Å². The van der Waals surface area contributed by atoms with Crippen LogP contribution in [0.25, 0.3) is 0 Å². The van der Waals surface area contributed by atoms with Gasteiger partial charge in [0.05, 0.1) is 6.61 Å². The maximum absolute atomic E-state index is 10.8. The second-order valence-corrected chi connectivity index (χ2v) is 2.13. The third-order valence-electron chi connectivity index (χ3n) is 1.15. The van der Waals surface area contributed by atoms with E-state index in [2.05, 4.69) is 0 Å². The van der Waals surface area contributed by atoms with E-state index in [4.69, 9.17) is 16.2 Å². The van der Waals surface area contributed by atoms with Gasteiger partial charge in [-0.15, -0.1) is 0 Å². The molecule has 0 rings (SSSR count). The molecular weight excluding hydrogens is 144 g/mol. The molecule has 0 radical (unpaired) electrons. The van der Waals surface area contributed by atoms with E-state index in [9.17, 15) is 4.79 Å². The third-order valence-corrected chi connectivity index (χ3v) is 1.15. The maximum atomic E-state index is 10.8. The zero-order valence-corrected chi connectivity index (χ0v) is 6.67. The molecule has 0 aliphatic carbocycles. The van der Waals surface area contributed by atoms with E-state index in [1.54, 1.807) is 6.92 Å². The zero-order chi connectivity index (χ0) is 8.69. The minimum Gasteiger partial charge on any atom is -0.462 e. The van der Waals surface area contributed by atoms with Crippen molar-refractivity contribution in [2.45, 2.75) is 13.3 Å². The standard InChI is InChI=1S/C7H14N2O2/c1-6(5-9)7(10)11-4-2-3-8/h5H,2-4,8-9H2,1H3. The van der Waals surface area contributed by atoms with E-state index in [1.165, 1.54) is 6.20 Å². The molecule has 0 saturated heterocycles. The summed E-state index contributed by atoms with van der Waals surface area (Å²) >= 11 is 0. The molecule has 0 aromatic rings. The van der Waals surface area contributed by atoms with Crippen molar-refractivity contribution in [1.82, 2.24) is 0 Å². The number of rotatable bonds is 4. The van der Waals surface area contributed by atoms with Gasteiger partial charge in [-0.1, -0.05) is 0 Å². The van der Waals surface area contributed by atoms with Gasteiger partial charge in [0.2, 0.25) is 0 Å². The first kappa shape index (κ1) is 9.97. The third kappa shape index (κ3) is 4.38. The summed E-state index contributed by atoms with van der Waals surface area (Å²) < 4.78 is 4.77. The van der Waals surface area contributed by atoms with Crippen LogP contribution in [0.1, 0.15) is 13.3 Å². The molecule has 0 heterocycles. The molecule has 0 aromatic heterocycles. The molecule has 4 nitrogen and oxygen atoms in total. The van der Waals surface area contributed by atoms with Crippen LogP contribution in [0.5, 0.6) is 0 Å². The number of hydrogen-bond donors (Lipinski definition) is 2. The Balaban J connectivity index is 3.53. The van der Waals surface area contributed by atoms with Gasteiger partial charge in [-0.25, -0.2) is 4.79 Å². The number of ether oxygens (including phenoxy) is 1. The number of hydrogen-bond acceptors (Lipinski definition) is 4. The highest BCUT2D eigenvalue weighted by Gasteiger charge is 2.02. The fourth-order valence-corrected chi connectivity index (χ4v) is 0.430. The average Bonchev–Trinajstić information content (AvgIpc) is 2.03. The summed E-state index contributed by atoms with van der Waals surface area (Å²) in [4.78, 5) is 10.8. The van der Waals surface area contributed by atoms with E-state index in [-0.39, 0.29) is 5.97 Å². The minimum atomic E-state index is -0.374. The summed E-state index contributed by atoms with van der Waals surface area (Å²) in [6.45, 7) is 2.49. The predicted molar refractivity (Wildman–Crippen MR) is 42.6 cm³/mol. The monoisotopic (exact) mass is 158 g/mol. The summed E-state index contributed by atoms with van der Waals surface area (Å²) in [6.07, 6.45) is 1.91. The van der Waals surface area contributed by atoms with Gasteiger partial charge in [-0.2, -0.15) is 0 Å². The molecule has 0 saturated carbocycles. The van der Waals surface area contributed by atoms with Crippen molar-refractivity contribution in [1.29, 1.82) is 0 Å². The number of nitrogens with two attached hydrogens (primary N) is 2. The van der Waals surface area contributed by atoms with Crippen molar-refractivity contribution >= 4 is 5.97 Å². The molecule has 11 heavy (non-hydrogen) atoms. The lowest BCUT2D eigenvalue weighted by Crippen LogP contribution is -2.11. The summed E-state index contributed by atoms with van der Waals surface area (Å²) in [7, 11) is 0. The van der Waals surface area contributed by atoms with Crippen LogP contribution in [0.2, 0.25) is 0 Å². The van der Waals surface area contributed by atoms with E-state index in [0.29, 0.717) is 25.1 Å². The number of carbonyl (C=O) groups is 1. The van der Waals surface area contributed by atoms with Gasteiger partial charge < -0.3 is 16.2 Å². The van der Waals surface area contributed by atoms with Crippen LogP contribution in [-0.4, -0.2) is 19.1 Å². The zero-order valence-electron chi connectivity index (χ0n) is 6.67. The van der Waals surface area contributed by atoms with Crippen molar-refractivity contribution in [3.63, 3.8) is 0 Å². The molecule has 0 bridgehead atoms. The molecule has 0 aliphatic heterocycles. The Morgan fingerprint density at radius 1 is 1.64 bits per heavy atom. The Kier molecular flexibility index (Phi) is 5.20. The molecule has 0 amide bonds. The second-order valence-electron chi connectivity index (χ2n) is 2.13. The van der Waals surface area contributed by atoms with Crippen LogP contribution in [0.15, 0.2) is 11.8 Å². The van der Waals surface area contributed by atoms with Gasteiger partial charge in [0, 0.05) is 11.8 Å². The van der Waals surface area contributed by atoms with E-state index in [1.807, 2.05) is 0 Å².